The molecule has 4 rings (SSSR count). The molecule has 0 radical (unpaired) electrons. The van der Waals surface area contributed by atoms with E-state index in [0.717, 1.165) is 50.8 Å². The van der Waals surface area contributed by atoms with E-state index in [0.29, 0.717) is 12.5 Å². The Bertz CT molecular complexity index is 720. The number of furan rings is 1. The number of nitrogens with zero attached hydrogens (tertiary/aromatic N) is 4. The Morgan fingerprint density at radius 3 is 2.61 bits per heavy atom. The molecule has 1 saturated heterocycles. The molecular weight excluding hydrogens is 352 g/mol. The molecule has 6 nitrogen and oxygen atoms in total. The van der Waals surface area contributed by atoms with E-state index in [1.165, 1.54) is 25.7 Å². The van der Waals surface area contributed by atoms with Gasteiger partial charge in [-0.25, -0.2) is 4.98 Å². The number of hydrogen-bond acceptors (Lipinski definition) is 5. The molecule has 6 heteroatoms. The quantitative estimate of drug-likeness (QED) is 0.736. The van der Waals surface area contributed by atoms with Crippen molar-refractivity contribution < 1.29 is 9.21 Å². The zero-order chi connectivity index (χ0) is 19.2. The maximum Gasteiger partial charge on any atom is 0.223 e. The minimum Gasteiger partial charge on any atom is -0.468 e. The Hall–Kier alpha value is -2.34. The predicted molar refractivity (Wildman–Crippen MR) is 109 cm³/mol. The lowest BCUT2D eigenvalue weighted by atomic mass is 10.2. The first-order valence-corrected chi connectivity index (χ1v) is 10.5. The number of amides is 1. The maximum atomic E-state index is 12.8. The molecule has 2 aromatic heterocycles. The Labute approximate surface area is 167 Å². The lowest BCUT2D eigenvalue weighted by Crippen LogP contribution is -2.49. The number of piperazine rings is 1. The van der Waals surface area contributed by atoms with Gasteiger partial charge in [0.1, 0.15) is 11.6 Å². The zero-order valence-corrected chi connectivity index (χ0v) is 16.5. The van der Waals surface area contributed by atoms with Gasteiger partial charge in [-0.05, 0) is 37.1 Å². The number of rotatable bonds is 7. The Morgan fingerprint density at radius 1 is 1.11 bits per heavy atom. The normalized spacial score (nSPS) is 18.2. The van der Waals surface area contributed by atoms with Crippen LogP contribution in [0, 0.1) is 0 Å². The Balaban J connectivity index is 1.27. The fourth-order valence-corrected chi connectivity index (χ4v) is 4.39. The van der Waals surface area contributed by atoms with Gasteiger partial charge in [0.2, 0.25) is 5.91 Å². The molecule has 3 heterocycles. The van der Waals surface area contributed by atoms with Crippen molar-refractivity contribution in [2.24, 2.45) is 0 Å². The lowest BCUT2D eigenvalue weighted by Gasteiger charge is -2.36. The molecule has 1 amide bonds. The summed E-state index contributed by atoms with van der Waals surface area (Å²) < 4.78 is 5.55. The van der Waals surface area contributed by atoms with Crippen LogP contribution in [-0.4, -0.2) is 59.5 Å². The van der Waals surface area contributed by atoms with Crippen molar-refractivity contribution in [1.82, 2.24) is 14.8 Å². The molecule has 0 aromatic carbocycles. The summed E-state index contributed by atoms with van der Waals surface area (Å²) in [5.74, 6) is 2.26. The standard InChI is InChI=1S/C22H30N4O2/c27-22(25-15-13-24(14-16-25)21-9-3-4-11-23-21)10-12-26(19-6-1-2-7-19)18-20-8-5-17-28-20/h3-5,8-9,11,17,19H,1-2,6-7,10,12-16,18H2. The molecule has 0 unspecified atom stereocenters. The predicted octanol–water partition coefficient (Wildman–Crippen LogP) is 3.16. The number of carbonyl (C=O) groups is 1. The van der Waals surface area contributed by atoms with Crippen LogP contribution in [0.5, 0.6) is 0 Å². The number of hydrogen-bond donors (Lipinski definition) is 0. The van der Waals surface area contributed by atoms with Crippen LogP contribution in [-0.2, 0) is 11.3 Å². The van der Waals surface area contributed by atoms with Crippen molar-refractivity contribution in [3.63, 3.8) is 0 Å². The van der Waals surface area contributed by atoms with E-state index in [2.05, 4.69) is 14.8 Å². The third-order valence-electron chi connectivity index (χ3n) is 6.00. The molecule has 0 spiro atoms. The average Bonchev–Trinajstić information content (AvgIpc) is 3.46. The van der Waals surface area contributed by atoms with E-state index in [1.807, 2.05) is 41.4 Å². The van der Waals surface area contributed by atoms with Gasteiger partial charge in [-0.3, -0.25) is 9.69 Å². The van der Waals surface area contributed by atoms with E-state index in [1.54, 1.807) is 6.26 Å². The van der Waals surface area contributed by atoms with Gasteiger partial charge in [-0.1, -0.05) is 18.9 Å². The van der Waals surface area contributed by atoms with Gasteiger partial charge in [0.15, 0.2) is 0 Å². The minimum absolute atomic E-state index is 0.267. The molecule has 1 aliphatic heterocycles. The second kappa shape index (κ2) is 9.24. The van der Waals surface area contributed by atoms with Crippen LogP contribution in [0.25, 0.3) is 0 Å². The third kappa shape index (κ3) is 4.73. The molecular formula is C22H30N4O2. The summed E-state index contributed by atoms with van der Waals surface area (Å²) in [6.45, 7) is 4.86. The van der Waals surface area contributed by atoms with Gasteiger partial charge < -0.3 is 14.2 Å². The van der Waals surface area contributed by atoms with Crippen LogP contribution in [0.15, 0.2) is 47.2 Å². The third-order valence-corrected chi connectivity index (χ3v) is 6.00. The second-order valence-corrected chi connectivity index (χ2v) is 7.79. The molecule has 2 fully saturated rings. The summed E-state index contributed by atoms with van der Waals surface area (Å²) in [4.78, 5) is 23.9. The van der Waals surface area contributed by atoms with Crippen molar-refractivity contribution in [3.05, 3.63) is 48.6 Å². The SMILES string of the molecule is O=C(CCN(Cc1ccco1)C1CCCC1)N1CCN(c2ccccn2)CC1. The number of anilines is 1. The second-order valence-electron chi connectivity index (χ2n) is 7.79. The van der Waals surface area contributed by atoms with Gasteiger partial charge in [-0.2, -0.15) is 0 Å². The van der Waals surface area contributed by atoms with Crippen molar-refractivity contribution in [3.8, 4) is 0 Å². The first-order valence-electron chi connectivity index (χ1n) is 10.5. The Kier molecular flexibility index (Phi) is 6.27. The van der Waals surface area contributed by atoms with Crippen LogP contribution in [0.3, 0.4) is 0 Å². The van der Waals surface area contributed by atoms with Gasteiger partial charge in [-0.15, -0.1) is 0 Å². The highest BCUT2D eigenvalue weighted by Gasteiger charge is 2.26. The number of aromatic nitrogens is 1. The fourth-order valence-electron chi connectivity index (χ4n) is 4.39. The van der Waals surface area contributed by atoms with Gasteiger partial charge >= 0.3 is 0 Å². The van der Waals surface area contributed by atoms with Crippen LogP contribution in [0.1, 0.15) is 37.9 Å². The zero-order valence-electron chi connectivity index (χ0n) is 16.5. The first-order chi connectivity index (χ1) is 13.8. The molecule has 2 aliphatic rings. The minimum atomic E-state index is 0.267. The summed E-state index contributed by atoms with van der Waals surface area (Å²) in [7, 11) is 0. The van der Waals surface area contributed by atoms with Crippen molar-refractivity contribution in [2.45, 2.75) is 44.7 Å². The monoisotopic (exact) mass is 382 g/mol. The maximum absolute atomic E-state index is 12.8. The van der Waals surface area contributed by atoms with Crippen molar-refractivity contribution in [1.29, 1.82) is 0 Å². The van der Waals surface area contributed by atoms with Crippen LogP contribution in [0.2, 0.25) is 0 Å². The molecule has 0 atom stereocenters. The summed E-state index contributed by atoms with van der Waals surface area (Å²) in [5.41, 5.74) is 0. The van der Waals surface area contributed by atoms with E-state index < -0.39 is 0 Å². The molecule has 2 aromatic rings. The fraction of sp³-hybridized carbons (Fsp3) is 0.545. The first kappa shape index (κ1) is 19.0. The highest BCUT2D eigenvalue weighted by Crippen LogP contribution is 2.25. The molecule has 150 valence electrons. The summed E-state index contributed by atoms with van der Waals surface area (Å²) in [6.07, 6.45) is 9.19. The summed E-state index contributed by atoms with van der Waals surface area (Å²) in [5, 5.41) is 0. The molecule has 0 N–H and O–H groups in total. The largest absolute Gasteiger partial charge is 0.468 e. The average molecular weight is 383 g/mol. The van der Waals surface area contributed by atoms with E-state index >= 15 is 0 Å². The highest BCUT2D eigenvalue weighted by atomic mass is 16.3. The van der Waals surface area contributed by atoms with Crippen LogP contribution >= 0.6 is 0 Å². The van der Waals surface area contributed by atoms with Crippen LogP contribution in [0.4, 0.5) is 5.82 Å². The lowest BCUT2D eigenvalue weighted by molar-refractivity contribution is -0.132. The van der Waals surface area contributed by atoms with Crippen molar-refractivity contribution >= 4 is 11.7 Å². The van der Waals surface area contributed by atoms with Crippen molar-refractivity contribution in [2.75, 3.05) is 37.6 Å². The summed E-state index contributed by atoms with van der Waals surface area (Å²) >= 11 is 0. The number of pyridine rings is 1. The smallest absolute Gasteiger partial charge is 0.223 e. The Morgan fingerprint density at radius 2 is 1.93 bits per heavy atom. The van der Waals surface area contributed by atoms with E-state index in [9.17, 15) is 4.79 Å². The highest BCUT2D eigenvalue weighted by molar-refractivity contribution is 5.76. The molecule has 28 heavy (non-hydrogen) atoms. The van der Waals surface area contributed by atoms with E-state index in [4.69, 9.17) is 4.42 Å². The van der Waals surface area contributed by atoms with Gasteiger partial charge in [0.25, 0.3) is 0 Å². The molecule has 0 bridgehead atoms. The molecule has 1 saturated carbocycles. The van der Waals surface area contributed by atoms with Gasteiger partial charge in [0, 0.05) is 51.4 Å². The van der Waals surface area contributed by atoms with E-state index in [-0.39, 0.29) is 5.91 Å². The van der Waals surface area contributed by atoms with Gasteiger partial charge in [0.05, 0.1) is 12.8 Å². The summed E-state index contributed by atoms with van der Waals surface area (Å²) in [6, 6.07) is 10.5. The number of carbonyl (C=O) groups excluding carboxylic acids is 1. The topological polar surface area (TPSA) is 52.8 Å². The van der Waals surface area contributed by atoms with Crippen LogP contribution < -0.4 is 4.90 Å². The molecule has 1 aliphatic carbocycles.